The van der Waals surface area contributed by atoms with Gasteiger partial charge in [0.25, 0.3) is 0 Å². The Hall–Kier alpha value is -1.50. The fraction of sp³-hybridized carbons (Fsp3) is 0.467. The van der Waals surface area contributed by atoms with E-state index in [1.807, 2.05) is 31.2 Å². The highest BCUT2D eigenvalue weighted by Crippen LogP contribution is 2.11. The monoisotopic (exact) mass is 248 g/mol. The highest BCUT2D eigenvalue weighted by Gasteiger charge is 1.94. The molecule has 18 heavy (non-hydrogen) atoms. The third-order valence-corrected chi connectivity index (χ3v) is 2.23. The number of aliphatic hydroxyl groups is 1. The lowest BCUT2D eigenvalue weighted by molar-refractivity contribution is 0.131. The molecule has 0 radical (unpaired) electrons. The van der Waals surface area contributed by atoms with Crippen molar-refractivity contribution in [3.05, 3.63) is 29.8 Å². The summed E-state index contributed by atoms with van der Waals surface area (Å²) < 4.78 is 10.8. The summed E-state index contributed by atoms with van der Waals surface area (Å²) >= 11 is 0. The third kappa shape index (κ3) is 6.29. The molecule has 0 heterocycles. The van der Waals surface area contributed by atoms with E-state index >= 15 is 0 Å². The average Bonchev–Trinajstić information content (AvgIpc) is 2.40. The first-order chi connectivity index (χ1) is 8.86. The fourth-order valence-electron chi connectivity index (χ4n) is 1.35. The minimum absolute atomic E-state index is 0.105. The zero-order valence-corrected chi connectivity index (χ0v) is 10.8. The van der Waals surface area contributed by atoms with Crippen molar-refractivity contribution in [2.24, 2.45) is 0 Å². The molecule has 0 bridgehead atoms. The Morgan fingerprint density at radius 3 is 2.61 bits per heavy atom. The molecule has 1 rings (SSSR count). The maximum atomic E-state index is 8.61. The van der Waals surface area contributed by atoms with E-state index in [4.69, 9.17) is 14.6 Å². The molecule has 0 spiro atoms. The Kier molecular flexibility index (Phi) is 7.70. The van der Waals surface area contributed by atoms with Gasteiger partial charge in [0.1, 0.15) is 5.75 Å². The number of hydrogen-bond acceptors (Lipinski definition) is 3. The molecule has 3 heteroatoms. The molecule has 0 aliphatic heterocycles. The van der Waals surface area contributed by atoms with Crippen LogP contribution >= 0.6 is 0 Å². The zero-order chi connectivity index (χ0) is 13.1. The van der Waals surface area contributed by atoms with Crippen molar-refractivity contribution >= 4 is 0 Å². The van der Waals surface area contributed by atoms with Gasteiger partial charge in [-0.15, -0.1) is 0 Å². The van der Waals surface area contributed by atoms with Crippen LogP contribution in [-0.2, 0) is 4.74 Å². The topological polar surface area (TPSA) is 38.7 Å². The Balaban J connectivity index is 2.30. The Morgan fingerprint density at radius 1 is 1.17 bits per heavy atom. The molecular formula is C15H20O3. The molecule has 0 saturated heterocycles. The predicted molar refractivity (Wildman–Crippen MR) is 71.6 cm³/mol. The van der Waals surface area contributed by atoms with E-state index in [0.717, 1.165) is 30.9 Å². The van der Waals surface area contributed by atoms with Gasteiger partial charge < -0.3 is 14.6 Å². The maximum Gasteiger partial charge on any atom is 0.119 e. The summed E-state index contributed by atoms with van der Waals surface area (Å²) in [6.45, 7) is 4.24. The first-order valence-electron chi connectivity index (χ1n) is 6.27. The Morgan fingerprint density at radius 2 is 1.94 bits per heavy atom. The fourth-order valence-corrected chi connectivity index (χ4v) is 1.35. The second-order valence-corrected chi connectivity index (χ2v) is 3.70. The molecule has 98 valence electrons. The average molecular weight is 248 g/mol. The lowest BCUT2D eigenvalue weighted by Gasteiger charge is -2.05. The summed E-state index contributed by atoms with van der Waals surface area (Å²) in [6.07, 6.45) is 1.40. The normalized spacial score (nSPS) is 9.67. The van der Waals surface area contributed by atoms with Gasteiger partial charge in [0.15, 0.2) is 0 Å². The van der Waals surface area contributed by atoms with Crippen LogP contribution in [0.1, 0.15) is 25.3 Å². The number of aliphatic hydroxyl groups excluding tert-OH is 1. The van der Waals surface area contributed by atoms with Gasteiger partial charge in [-0.1, -0.05) is 11.8 Å². The van der Waals surface area contributed by atoms with Gasteiger partial charge in [-0.3, -0.25) is 0 Å². The number of rotatable bonds is 7. The van der Waals surface area contributed by atoms with Gasteiger partial charge in [-0.2, -0.15) is 0 Å². The standard InChI is InChI=1S/C15H20O3/c1-2-17-12-5-13-18-15-9-7-14(8-10-15)6-3-4-11-16/h7-10,16H,2,4-5,11-13H2,1H3. The number of benzene rings is 1. The van der Waals surface area contributed by atoms with E-state index in [-0.39, 0.29) is 6.61 Å². The number of hydrogen-bond donors (Lipinski definition) is 1. The maximum absolute atomic E-state index is 8.61. The molecule has 0 saturated carbocycles. The van der Waals surface area contributed by atoms with E-state index in [1.165, 1.54) is 0 Å². The largest absolute Gasteiger partial charge is 0.494 e. The van der Waals surface area contributed by atoms with Gasteiger partial charge in [0.05, 0.1) is 13.2 Å². The molecule has 0 atom stereocenters. The van der Waals surface area contributed by atoms with Crippen LogP contribution < -0.4 is 4.74 Å². The molecule has 0 aromatic heterocycles. The first-order valence-corrected chi connectivity index (χ1v) is 6.27. The van der Waals surface area contributed by atoms with E-state index < -0.39 is 0 Å². The van der Waals surface area contributed by atoms with Gasteiger partial charge in [0, 0.05) is 31.6 Å². The smallest absolute Gasteiger partial charge is 0.119 e. The van der Waals surface area contributed by atoms with Crippen molar-refractivity contribution in [1.29, 1.82) is 0 Å². The van der Waals surface area contributed by atoms with Gasteiger partial charge in [-0.05, 0) is 31.2 Å². The summed E-state index contributed by atoms with van der Waals surface area (Å²) in [4.78, 5) is 0. The molecule has 0 fully saturated rings. The van der Waals surface area contributed by atoms with Crippen LogP contribution in [0.2, 0.25) is 0 Å². The van der Waals surface area contributed by atoms with E-state index in [1.54, 1.807) is 0 Å². The Bertz CT molecular complexity index is 373. The summed E-state index contributed by atoms with van der Waals surface area (Å²) in [6, 6.07) is 7.65. The van der Waals surface area contributed by atoms with E-state index in [9.17, 15) is 0 Å². The van der Waals surface area contributed by atoms with Crippen LogP contribution in [-0.4, -0.2) is 31.5 Å². The van der Waals surface area contributed by atoms with Crippen molar-refractivity contribution < 1.29 is 14.6 Å². The molecular weight excluding hydrogens is 228 g/mol. The lowest BCUT2D eigenvalue weighted by Crippen LogP contribution is -2.02. The SMILES string of the molecule is CCOCCCOc1ccc(C#CCCO)cc1. The van der Waals surface area contributed by atoms with Crippen molar-refractivity contribution in [1.82, 2.24) is 0 Å². The van der Waals surface area contributed by atoms with Crippen LogP contribution in [0, 0.1) is 11.8 Å². The quantitative estimate of drug-likeness (QED) is 0.594. The van der Waals surface area contributed by atoms with E-state index in [2.05, 4.69) is 11.8 Å². The van der Waals surface area contributed by atoms with Crippen molar-refractivity contribution in [3.8, 4) is 17.6 Å². The van der Waals surface area contributed by atoms with Crippen molar-refractivity contribution in [2.45, 2.75) is 19.8 Å². The Labute approximate surface area is 109 Å². The second-order valence-electron chi connectivity index (χ2n) is 3.70. The van der Waals surface area contributed by atoms with Crippen LogP contribution in [0.5, 0.6) is 5.75 Å². The molecule has 0 amide bonds. The summed E-state index contributed by atoms with van der Waals surface area (Å²) in [7, 11) is 0. The zero-order valence-electron chi connectivity index (χ0n) is 10.8. The molecule has 3 nitrogen and oxygen atoms in total. The van der Waals surface area contributed by atoms with Crippen molar-refractivity contribution in [2.75, 3.05) is 26.4 Å². The molecule has 1 aromatic carbocycles. The first kappa shape index (κ1) is 14.6. The lowest BCUT2D eigenvalue weighted by atomic mass is 10.2. The molecule has 0 aliphatic rings. The highest BCUT2D eigenvalue weighted by atomic mass is 16.5. The molecule has 0 aliphatic carbocycles. The van der Waals surface area contributed by atoms with E-state index in [0.29, 0.717) is 13.0 Å². The summed E-state index contributed by atoms with van der Waals surface area (Å²) in [5, 5.41) is 8.61. The third-order valence-electron chi connectivity index (χ3n) is 2.23. The second kappa shape index (κ2) is 9.52. The minimum atomic E-state index is 0.105. The number of ether oxygens (including phenoxy) is 2. The molecule has 1 N–H and O–H groups in total. The highest BCUT2D eigenvalue weighted by molar-refractivity contribution is 5.38. The van der Waals surface area contributed by atoms with Crippen LogP contribution in [0.3, 0.4) is 0 Å². The minimum Gasteiger partial charge on any atom is -0.494 e. The van der Waals surface area contributed by atoms with Gasteiger partial charge >= 0.3 is 0 Å². The van der Waals surface area contributed by atoms with Crippen LogP contribution in [0.15, 0.2) is 24.3 Å². The van der Waals surface area contributed by atoms with Gasteiger partial charge in [-0.25, -0.2) is 0 Å². The molecule has 0 unspecified atom stereocenters. The predicted octanol–water partition coefficient (Wildman–Crippen LogP) is 2.23. The summed E-state index contributed by atoms with van der Waals surface area (Å²) in [5.41, 5.74) is 0.935. The molecule has 1 aromatic rings. The van der Waals surface area contributed by atoms with Crippen LogP contribution in [0.4, 0.5) is 0 Å². The summed E-state index contributed by atoms with van der Waals surface area (Å²) in [5.74, 6) is 6.70. The van der Waals surface area contributed by atoms with Crippen LogP contribution in [0.25, 0.3) is 0 Å². The van der Waals surface area contributed by atoms with Gasteiger partial charge in [0.2, 0.25) is 0 Å². The van der Waals surface area contributed by atoms with Crippen molar-refractivity contribution in [3.63, 3.8) is 0 Å².